The van der Waals surface area contributed by atoms with Crippen LogP contribution in [0.4, 0.5) is 0 Å². The third-order valence-electron chi connectivity index (χ3n) is 4.47. The molecule has 0 heterocycles. The van der Waals surface area contributed by atoms with Gasteiger partial charge in [-0.15, -0.1) is 0 Å². The third-order valence-corrected chi connectivity index (χ3v) is 4.72. The Morgan fingerprint density at radius 3 is 2.45 bits per heavy atom. The van der Waals surface area contributed by atoms with Crippen molar-refractivity contribution in [1.82, 2.24) is 5.32 Å². The van der Waals surface area contributed by atoms with Crippen LogP contribution in [-0.4, -0.2) is 12.5 Å². The fraction of sp³-hybridized carbons (Fsp3) is 0.208. The standard InChI is InChI=1S/C24H24ClNO3/c1-3-28-23-13-10-19(24(27)26-15-18-8-11-21(25)12-9-18)14-20(23)16-29-22-7-5-4-6-17(22)2/h4-14H,3,15-16H2,1-2H3,(H,26,27). The minimum Gasteiger partial charge on any atom is -0.493 e. The lowest BCUT2D eigenvalue weighted by Gasteiger charge is -2.14. The molecule has 3 aromatic carbocycles. The quantitative estimate of drug-likeness (QED) is 0.530. The highest BCUT2D eigenvalue weighted by Crippen LogP contribution is 2.24. The van der Waals surface area contributed by atoms with Crippen LogP contribution in [-0.2, 0) is 13.2 Å². The van der Waals surface area contributed by atoms with Crippen LogP contribution in [0.2, 0.25) is 5.02 Å². The van der Waals surface area contributed by atoms with Crippen LogP contribution in [0.15, 0.2) is 66.7 Å². The number of halogens is 1. The third kappa shape index (κ3) is 5.75. The second kappa shape index (κ2) is 9.99. The van der Waals surface area contributed by atoms with Crippen LogP contribution >= 0.6 is 11.6 Å². The number of carbonyl (C=O) groups excluding carboxylic acids is 1. The molecule has 0 unspecified atom stereocenters. The van der Waals surface area contributed by atoms with Gasteiger partial charge < -0.3 is 14.8 Å². The molecule has 0 atom stereocenters. The molecule has 0 aliphatic carbocycles. The molecule has 0 aromatic heterocycles. The van der Waals surface area contributed by atoms with E-state index in [1.165, 1.54) is 0 Å². The van der Waals surface area contributed by atoms with Crippen molar-refractivity contribution in [3.8, 4) is 11.5 Å². The number of hydrogen-bond acceptors (Lipinski definition) is 3. The van der Waals surface area contributed by atoms with Gasteiger partial charge in [0, 0.05) is 22.7 Å². The topological polar surface area (TPSA) is 47.6 Å². The molecule has 0 aliphatic heterocycles. The van der Waals surface area contributed by atoms with Crippen molar-refractivity contribution >= 4 is 17.5 Å². The van der Waals surface area contributed by atoms with Crippen molar-refractivity contribution in [3.05, 3.63) is 94.0 Å². The van der Waals surface area contributed by atoms with Gasteiger partial charge in [-0.2, -0.15) is 0 Å². The number of ether oxygens (including phenoxy) is 2. The summed E-state index contributed by atoms with van der Waals surface area (Å²) in [7, 11) is 0. The molecule has 0 saturated heterocycles. The second-order valence-corrected chi connectivity index (χ2v) is 7.06. The molecule has 0 spiro atoms. The van der Waals surface area contributed by atoms with Crippen LogP contribution in [0, 0.1) is 6.92 Å². The number of carbonyl (C=O) groups is 1. The lowest BCUT2D eigenvalue weighted by Crippen LogP contribution is -2.23. The summed E-state index contributed by atoms with van der Waals surface area (Å²) in [6.07, 6.45) is 0. The summed E-state index contributed by atoms with van der Waals surface area (Å²) in [5.41, 5.74) is 3.43. The molecule has 0 fully saturated rings. The van der Waals surface area contributed by atoms with E-state index in [0.717, 1.165) is 28.2 Å². The normalized spacial score (nSPS) is 10.4. The Bertz CT molecular complexity index is 970. The van der Waals surface area contributed by atoms with E-state index in [2.05, 4.69) is 5.32 Å². The maximum Gasteiger partial charge on any atom is 0.251 e. The van der Waals surface area contributed by atoms with E-state index >= 15 is 0 Å². The van der Waals surface area contributed by atoms with Crippen molar-refractivity contribution in [2.75, 3.05) is 6.61 Å². The summed E-state index contributed by atoms with van der Waals surface area (Å²) < 4.78 is 11.7. The summed E-state index contributed by atoms with van der Waals surface area (Å²) in [5.74, 6) is 1.38. The monoisotopic (exact) mass is 409 g/mol. The minimum atomic E-state index is -0.153. The number of para-hydroxylation sites is 1. The van der Waals surface area contributed by atoms with Gasteiger partial charge in [0.25, 0.3) is 5.91 Å². The Morgan fingerprint density at radius 2 is 1.72 bits per heavy atom. The molecule has 5 heteroatoms. The van der Waals surface area contributed by atoms with E-state index in [-0.39, 0.29) is 5.91 Å². The molecule has 150 valence electrons. The number of benzene rings is 3. The summed E-state index contributed by atoms with van der Waals surface area (Å²) >= 11 is 5.90. The van der Waals surface area contributed by atoms with E-state index in [0.29, 0.717) is 30.3 Å². The minimum absolute atomic E-state index is 0.153. The molecule has 29 heavy (non-hydrogen) atoms. The first-order chi connectivity index (χ1) is 14.1. The highest BCUT2D eigenvalue weighted by molar-refractivity contribution is 6.30. The van der Waals surface area contributed by atoms with Gasteiger partial charge in [0.1, 0.15) is 18.1 Å². The van der Waals surface area contributed by atoms with Gasteiger partial charge in [0.2, 0.25) is 0 Å². The fourth-order valence-electron chi connectivity index (χ4n) is 2.89. The van der Waals surface area contributed by atoms with Gasteiger partial charge in [-0.05, 0) is 61.4 Å². The van der Waals surface area contributed by atoms with Crippen molar-refractivity contribution < 1.29 is 14.3 Å². The molecule has 1 amide bonds. The first-order valence-electron chi connectivity index (χ1n) is 9.53. The summed E-state index contributed by atoms with van der Waals surface area (Å²) in [4.78, 5) is 12.6. The Labute approximate surface area is 176 Å². The number of hydrogen-bond donors (Lipinski definition) is 1. The summed E-state index contributed by atoms with van der Waals surface area (Å²) in [6, 6.07) is 20.6. The van der Waals surface area contributed by atoms with E-state index in [1.54, 1.807) is 18.2 Å². The molecular formula is C24H24ClNO3. The van der Waals surface area contributed by atoms with Gasteiger partial charge in [-0.1, -0.05) is 41.9 Å². The zero-order valence-corrected chi connectivity index (χ0v) is 17.3. The lowest BCUT2D eigenvalue weighted by atomic mass is 10.1. The molecule has 0 bridgehead atoms. The Morgan fingerprint density at radius 1 is 0.966 bits per heavy atom. The number of aryl methyl sites for hydroxylation is 1. The van der Waals surface area contributed by atoms with Crippen molar-refractivity contribution in [2.24, 2.45) is 0 Å². The summed E-state index contributed by atoms with van der Waals surface area (Å²) in [6.45, 7) is 5.22. The smallest absolute Gasteiger partial charge is 0.251 e. The Hall–Kier alpha value is -2.98. The van der Waals surface area contributed by atoms with E-state index in [1.807, 2.05) is 62.4 Å². The molecule has 0 radical (unpaired) electrons. The number of nitrogens with one attached hydrogen (secondary N) is 1. The van der Waals surface area contributed by atoms with Crippen LogP contribution in [0.25, 0.3) is 0 Å². The molecule has 1 N–H and O–H groups in total. The Balaban J connectivity index is 1.71. The molecule has 3 aromatic rings. The average Bonchev–Trinajstić information content (AvgIpc) is 2.73. The lowest BCUT2D eigenvalue weighted by molar-refractivity contribution is 0.0950. The van der Waals surface area contributed by atoms with Gasteiger partial charge >= 0.3 is 0 Å². The zero-order chi connectivity index (χ0) is 20.6. The van der Waals surface area contributed by atoms with E-state index < -0.39 is 0 Å². The predicted molar refractivity (Wildman–Crippen MR) is 116 cm³/mol. The molecule has 0 aliphatic rings. The van der Waals surface area contributed by atoms with Gasteiger partial charge in [-0.25, -0.2) is 0 Å². The van der Waals surface area contributed by atoms with Crippen LogP contribution in [0.3, 0.4) is 0 Å². The van der Waals surface area contributed by atoms with Crippen molar-refractivity contribution in [1.29, 1.82) is 0 Å². The van der Waals surface area contributed by atoms with E-state index in [4.69, 9.17) is 21.1 Å². The second-order valence-electron chi connectivity index (χ2n) is 6.62. The number of amides is 1. The number of rotatable bonds is 8. The van der Waals surface area contributed by atoms with Gasteiger partial charge in [-0.3, -0.25) is 4.79 Å². The van der Waals surface area contributed by atoms with Crippen LogP contribution in [0.5, 0.6) is 11.5 Å². The highest BCUT2D eigenvalue weighted by Gasteiger charge is 2.12. The van der Waals surface area contributed by atoms with E-state index in [9.17, 15) is 4.79 Å². The first-order valence-corrected chi connectivity index (χ1v) is 9.91. The fourth-order valence-corrected chi connectivity index (χ4v) is 3.02. The first kappa shape index (κ1) is 20.7. The molecule has 4 nitrogen and oxygen atoms in total. The van der Waals surface area contributed by atoms with Crippen molar-refractivity contribution in [2.45, 2.75) is 27.0 Å². The maximum absolute atomic E-state index is 12.6. The van der Waals surface area contributed by atoms with Gasteiger partial charge in [0.15, 0.2) is 0 Å². The zero-order valence-electron chi connectivity index (χ0n) is 16.6. The average molecular weight is 410 g/mol. The molecular weight excluding hydrogens is 386 g/mol. The summed E-state index contributed by atoms with van der Waals surface area (Å²) in [5, 5.41) is 3.60. The van der Waals surface area contributed by atoms with Gasteiger partial charge in [0.05, 0.1) is 6.61 Å². The predicted octanol–water partition coefficient (Wildman–Crippen LogP) is 5.56. The maximum atomic E-state index is 12.6. The highest BCUT2D eigenvalue weighted by atomic mass is 35.5. The largest absolute Gasteiger partial charge is 0.493 e. The molecule has 3 rings (SSSR count). The van der Waals surface area contributed by atoms with Crippen LogP contribution < -0.4 is 14.8 Å². The molecule has 0 saturated carbocycles. The van der Waals surface area contributed by atoms with Crippen molar-refractivity contribution in [3.63, 3.8) is 0 Å². The van der Waals surface area contributed by atoms with Crippen LogP contribution in [0.1, 0.15) is 34.0 Å². The SMILES string of the molecule is CCOc1ccc(C(=O)NCc2ccc(Cl)cc2)cc1COc1ccccc1C. The Kier molecular flexibility index (Phi) is 7.14.